The Labute approximate surface area is 133 Å². The van der Waals surface area contributed by atoms with Crippen LogP contribution < -0.4 is 10.2 Å². The summed E-state index contributed by atoms with van der Waals surface area (Å²) in [6.45, 7) is 0.342. The molecule has 0 spiro atoms. The van der Waals surface area contributed by atoms with E-state index < -0.39 is 5.82 Å². The van der Waals surface area contributed by atoms with E-state index in [1.54, 1.807) is 36.2 Å². The molecule has 0 unspecified atom stereocenters. The van der Waals surface area contributed by atoms with Gasteiger partial charge in [0.2, 0.25) is 0 Å². The molecule has 2 N–H and O–H groups in total. The van der Waals surface area contributed by atoms with Gasteiger partial charge >= 0.3 is 0 Å². The van der Waals surface area contributed by atoms with Crippen LogP contribution >= 0.6 is 23.8 Å². The maximum atomic E-state index is 13.3. The van der Waals surface area contributed by atoms with Crippen molar-refractivity contribution in [3.8, 4) is 5.75 Å². The molecule has 3 nitrogen and oxygen atoms in total. The molecule has 0 aliphatic carbocycles. The van der Waals surface area contributed by atoms with Gasteiger partial charge in [-0.15, -0.1) is 0 Å². The predicted molar refractivity (Wildman–Crippen MR) is 87.4 cm³/mol. The van der Waals surface area contributed by atoms with Crippen LogP contribution in [0.2, 0.25) is 5.02 Å². The second-order valence-corrected chi connectivity index (χ2v) is 5.16. The summed E-state index contributed by atoms with van der Waals surface area (Å²) in [4.78, 5) is 1.73. The molecule has 2 rings (SSSR count). The van der Waals surface area contributed by atoms with Gasteiger partial charge in [0, 0.05) is 18.3 Å². The van der Waals surface area contributed by atoms with Gasteiger partial charge in [0.1, 0.15) is 11.6 Å². The number of nitrogens with one attached hydrogen (secondary N) is 1. The third-order valence-corrected chi connectivity index (χ3v) is 3.71. The summed E-state index contributed by atoms with van der Waals surface area (Å²) in [7, 11) is 1.70. The summed E-state index contributed by atoms with van der Waals surface area (Å²) in [5.74, 6) is -0.312. The van der Waals surface area contributed by atoms with Gasteiger partial charge in [-0.2, -0.15) is 0 Å². The fourth-order valence-corrected chi connectivity index (χ4v) is 2.23. The van der Waals surface area contributed by atoms with Crippen LogP contribution in [-0.2, 0) is 6.54 Å². The van der Waals surface area contributed by atoms with Crippen molar-refractivity contribution < 1.29 is 9.50 Å². The molecular weight excluding hydrogens is 311 g/mol. The highest BCUT2D eigenvalue weighted by Crippen LogP contribution is 2.26. The first kappa shape index (κ1) is 15.5. The molecule has 2 aromatic carbocycles. The van der Waals surface area contributed by atoms with Gasteiger partial charge in [0.25, 0.3) is 0 Å². The molecule has 0 aliphatic rings. The van der Waals surface area contributed by atoms with Crippen molar-refractivity contribution in [2.45, 2.75) is 6.54 Å². The maximum Gasteiger partial charge on any atom is 0.173 e. The molecule has 0 aliphatic heterocycles. The Morgan fingerprint density at radius 3 is 2.67 bits per heavy atom. The standard InChI is InChI=1S/C15H14ClFN2OS/c1-18-15(21)19(9-10-4-2-3-5-14(10)20)11-6-7-13(17)12(16)8-11/h2-8,20H,9H2,1H3,(H,18,21). The van der Waals surface area contributed by atoms with Crippen molar-refractivity contribution in [3.05, 3.63) is 58.9 Å². The third-order valence-electron chi connectivity index (χ3n) is 2.99. The quantitative estimate of drug-likeness (QED) is 0.844. The Hall–Kier alpha value is -1.85. The van der Waals surface area contributed by atoms with Crippen molar-refractivity contribution in [1.29, 1.82) is 0 Å². The lowest BCUT2D eigenvalue weighted by Crippen LogP contribution is -2.37. The van der Waals surface area contributed by atoms with Crippen LogP contribution in [0, 0.1) is 5.82 Å². The average molecular weight is 325 g/mol. The highest BCUT2D eigenvalue weighted by Gasteiger charge is 2.15. The van der Waals surface area contributed by atoms with Crippen molar-refractivity contribution >= 4 is 34.6 Å². The molecule has 6 heteroatoms. The lowest BCUT2D eigenvalue weighted by Gasteiger charge is -2.25. The zero-order valence-electron chi connectivity index (χ0n) is 11.3. The fraction of sp³-hybridized carbons (Fsp3) is 0.133. The lowest BCUT2D eigenvalue weighted by molar-refractivity contribution is 0.468. The Balaban J connectivity index is 2.37. The summed E-state index contributed by atoms with van der Waals surface area (Å²) >= 11 is 11.1. The first-order valence-corrected chi connectivity index (χ1v) is 7.02. The SMILES string of the molecule is CNC(=S)N(Cc1ccccc1O)c1ccc(F)c(Cl)c1. The number of phenols is 1. The molecule has 0 heterocycles. The molecular formula is C15H14ClFN2OS. The minimum Gasteiger partial charge on any atom is -0.508 e. The number of phenolic OH excluding ortho intramolecular Hbond substituents is 1. The number of anilines is 1. The number of thiocarbonyl (C=S) groups is 1. The normalized spacial score (nSPS) is 10.2. The van der Waals surface area contributed by atoms with E-state index in [0.29, 0.717) is 22.9 Å². The zero-order valence-corrected chi connectivity index (χ0v) is 12.9. The fourth-order valence-electron chi connectivity index (χ4n) is 1.88. The summed E-state index contributed by atoms with van der Waals surface area (Å²) in [5.41, 5.74) is 1.35. The van der Waals surface area contributed by atoms with E-state index in [2.05, 4.69) is 5.32 Å². The minimum absolute atomic E-state index is 0.0219. The van der Waals surface area contributed by atoms with E-state index in [1.165, 1.54) is 12.1 Å². The second kappa shape index (κ2) is 6.74. The number of benzene rings is 2. The van der Waals surface area contributed by atoms with Crippen LogP contribution in [0.3, 0.4) is 0 Å². The molecule has 110 valence electrons. The van der Waals surface area contributed by atoms with Crippen LogP contribution in [0.15, 0.2) is 42.5 Å². The van der Waals surface area contributed by atoms with E-state index in [9.17, 15) is 9.50 Å². The smallest absolute Gasteiger partial charge is 0.173 e. The number of hydrogen-bond donors (Lipinski definition) is 2. The topological polar surface area (TPSA) is 35.5 Å². The predicted octanol–water partition coefficient (Wildman–Crippen LogP) is 3.70. The molecule has 0 fully saturated rings. The van der Waals surface area contributed by atoms with Crippen LogP contribution in [0.5, 0.6) is 5.75 Å². The Kier molecular flexibility index (Phi) is 4.98. The summed E-state index contributed by atoms with van der Waals surface area (Å²) < 4.78 is 13.3. The molecule has 0 saturated carbocycles. The molecule has 2 aromatic rings. The number of hydrogen-bond acceptors (Lipinski definition) is 2. The summed E-state index contributed by atoms with van der Waals surface area (Å²) in [6.07, 6.45) is 0. The zero-order chi connectivity index (χ0) is 15.4. The first-order valence-electron chi connectivity index (χ1n) is 6.24. The number of halogens is 2. The Bertz CT molecular complexity index is 666. The number of para-hydroxylation sites is 1. The molecule has 0 radical (unpaired) electrons. The third kappa shape index (κ3) is 3.62. The molecule has 0 amide bonds. The first-order chi connectivity index (χ1) is 10.0. The molecule has 0 saturated heterocycles. The second-order valence-electron chi connectivity index (χ2n) is 4.37. The highest BCUT2D eigenvalue weighted by atomic mass is 35.5. The van der Waals surface area contributed by atoms with Crippen LogP contribution in [0.25, 0.3) is 0 Å². The number of nitrogens with zero attached hydrogens (tertiary/aromatic N) is 1. The van der Waals surface area contributed by atoms with Crippen molar-refractivity contribution in [3.63, 3.8) is 0 Å². The largest absolute Gasteiger partial charge is 0.508 e. The Morgan fingerprint density at radius 2 is 2.05 bits per heavy atom. The van der Waals surface area contributed by atoms with Gasteiger partial charge in [0.05, 0.1) is 11.6 Å². The van der Waals surface area contributed by atoms with Gasteiger partial charge in [-0.1, -0.05) is 29.8 Å². The monoisotopic (exact) mass is 324 g/mol. The van der Waals surface area contributed by atoms with Crippen LogP contribution in [-0.4, -0.2) is 17.3 Å². The molecule has 0 atom stereocenters. The van der Waals surface area contributed by atoms with Gasteiger partial charge in [-0.25, -0.2) is 4.39 Å². The van der Waals surface area contributed by atoms with E-state index in [0.717, 1.165) is 0 Å². The maximum absolute atomic E-state index is 13.3. The van der Waals surface area contributed by atoms with Gasteiger partial charge < -0.3 is 15.3 Å². The summed E-state index contributed by atoms with van der Waals surface area (Å²) in [6, 6.07) is 11.3. The highest BCUT2D eigenvalue weighted by molar-refractivity contribution is 7.80. The average Bonchev–Trinajstić information content (AvgIpc) is 2.48. The minimum atomic E-state index is -0.488. The van der Waals surface area contributed by atoms with E-state index in [-0.39, 0.29) is 10.8 Å². The van der Waals surface area contributed by atoms with Gasteiger partial charge in [-0.05, 0) is 36.5 Å². The van der Waals surface area contributed by atoms with Gasteiger partial charge in [0.15, 0.2) is 5.11 Å². The van der Waals surface area contributed by atoms with Crippen molar-refractivity contribution in [2.75, 3.05) is 11.9 Å². The lowest BCUT2D eigenvalue weighted by atomic mass is 10.2. The van der Waals surface area contributed by atoms with Crippen LogP contribution in [0.4, 0.5) is 10.1 Å². The number of aromatic hydroxyl groups is 1. The Morgan fingerprint density at radius 1 is 1.33 bits per heavy atom. The van der Waals surface area contributed by atoms with E-state index in [1.807, 2.05) is 6.07 Å². The molecule has 0 aromatic heterocycles. The van der Waals surface area contributed by atoms with Crippen molar-refractivity contribution in [2.24, 2.45) is 0 Å². The van der Waals surface area contributed by atoms with Gasteiger partial charge in [-0.3, -0.25) is 0 Å². The van der Waals surface area contributed by atoms with Crippen LogP contribution in [0.1, 0.15) is 5.56 Å². The molecule has 21 heavy (non-hydrogen) atoms. The summed E-state index contributed by atoms with van der Waals surface area (Å²) in [5, 5.41) is 13.2. The van der Waals surface area contributed by atoms with E-state index in [4.69, 9.17) is 23.8 Å². The number of rotatable bonds is 3. The van der Waals surface area contributed by atoms with Crippen molar-refractivity contribution in [1.82, 2.24) is 5.32 Å². The van der Waals surface area contributed by atoms with E-state index >= 15 is 0 Å². The molecule has 0 bridgehead atoms.